The maximum atomic E-state index is 13.8. The van der Waals surface area contributed by atoms with Crippen molar-refractivity contribution in [2.45, 2.75) is 57.1 Å². The van der Waals surface area contributed by atoms with Crippen LogP contribution in [0, 0.1) is 18.7 Å². The van der Waals surface area contributed by atoms with E-state index in [1.807, 2.05) is 6.92 Å². The summed E-state index contributed by atoms with van der Waals surface area (Å²) >= 11 is 0. The second-order valence-electron chi connectivity index (χ2n) is 5.76. The topological polar surface area (TPSA) is 66.4 Å². The molecule has 1 aliphatic rings. The maximum Gasteiger partial charge on any atom is 0.241 e. The van der Waals surface area contributed by atoms with Gasteiger partial charge in [-0.1, -0.05) is 19.8 Å². The Morgan fingerprint density at radius 3 is 2.62 bits per heavy atom. The molecule has 0 spiro atoms. The van der Waals surface area contributed by atoms with E-state index >= 15 is 0 Å². The van der Waals surface area contributed by atoms with Gasteiger partial charge in [0.1, 0.15) is 5.82 Å². The monoisotopic (exact) mass is 315 g/mol. The van der Waals surface area contributed by atoms with Crippen LogP contribution in [0.3, 0.4) is 0 Å². The predicted molar refractivity (Wildman–Crippen MR) is 78.8 cm³/mol. The highest BCUT2D eigenvalue weighted by molar-refractivity contribution is 7.89. The summed E-state index contributed by atoms with van der Waals surface area (Å²) in [5, 5.41) is 9.12. The van der Waals surface area contributed by atoms with Crippen LogP contribution in [0.1, 0.15) is 43.7 Å². The highest BCUT2D eigenvalue weighted by atomic mass is 32.2. The number of halogens is 1. The van der Waals surface area contributed by atoms with Crippen LogP contribution in [0.15, 0.2) is 17.0 Å². The van der Waals surface area contributed by atoms with Crippen LogP contribution in [-0.2, 0) is 16.6 Å². The van der Waals surface area contributed by atoms with E-state index in [2.05, 4.69) is 4.72 Å². The molecular formula is C15H22FNO3S. The second-order valence-corrected chi connectivity index (χ2v) is 7.45. The third-order valence-corrected chi connectivity index (χ3v) is 5.60. The molecule has 0 amide bonds. The maximum absolute atomic E-state index is 13.8. The van der Waals surface area contributed by atoms with E-state index in [0.717, 1.165) is 25.3 Å². The average molecular weight is 315 g/mol. The first-order valence-corrected chi connectivity index (χ1v) is 8.78. The summed E-state index contributed by atoms with van der Waals surface area (Å²) in [7, 11) is -3.78. The van der Waals surface area contributed by atoms with E-state index in [4.69, 9.17) is 5.11 Å². The van der Waals surface area contributed by atoms with Gasteiger partial charge in [0.25, 0.3) is 0 Å². The largest absolute Gasteiger partial charge is 0.392 e. The molecule has 4 nitrogen and oxygen atoms in total. The van der Waals surface area contributed by atoms with E-state index in [-0.39, 0.29) is 28.7 Å². The predicted octanol–water partition coefficient (Wildman–Crippen LogP) is 2.48. The van der Waals surface area contributed by atoms with Crippen LogP contribution in [0.5, 0.6) is 0 Å². The minimum absolute atomic E-state index is 0.0826. The first-order valence-electron chi connectivity index (χ1n) is 7.29. The summed E-state index contributed by atoms with van der Waals surface area (Å²) in [5.74, 6) is -0.00331. The van der Waals surface area contributed by atoms with Gasteiger partial charge in [0.2, 0.25) is 10.0 Å². The Bertz CT molecular complexity index is 612. The molecule has 1 aliphatic carbocycles. The van der Waals surface area contributed by atoms with Gasteiger partial charge in [0.05, 0.1) is 11.5 Å². The van der Waals surface area contributed by atoms with Crippen molar-refractivity contribution < 1.29 is 17.9 Å². The summed E-state index contributed by atoms with van der Waals surface area (Å²) in [6.45, 7) is 2.99. The van der Waals surface area contributed by atoms with Gasteiger partial charge in [-0.2, -0.15) is 0 Å². The quantitative estimate of drug-likeness (QED) is 0.812. The van der Waals surface area contributed by atoms with Gasteiger partial charge in [-0.3, -0.25) is 0 Å². The van der Waals surface area contributed by atoms with Crippen molar-refractivity contribution in [3.05, 3.63) is 29.1 Å². The molecule has 0 heterocycles. The number of aliphatic hydroxyl groups is 1. The lowest BCUT2D eigenvalue weighted by Gasteiger charge is -2.18. The lowest BCUT2D eigenvalue weighted by atomic mass is 10.1. The molecule has 1 saturated carbocycles. The van der Waals surface area contributed by atoms with Gasteiger partial charge >= 0.3 is 0 Å². The van der Waals surface area contributed by atoms with Crippen molar-refractivity contribution in [2.24, 2.45) is 5.92 Å². The molecule has 1 aromatic rings. The number of benzene rings is 1. The number of aliphatic hydroxyl groups excluding tert-OH is 1. The fraction of sp³-hybridized carbons (Fsp3) is 0.600. The Labute approximate surface area is 125 Å². The van der Waals surface area contributed by atoms with Crippen LogP contribution in [0.2, 0.25) is 0 Å². The third-order valence-electron chi connectivity index (χ3n) is 3.96. The number of sulfonamides is 1. The van der Waals surface area contributed by atoms with Gasteiger partial charge < -0.3 is 5.11 Å². The zero-order valence-corrected chi connectivity index (χ0v) is 13.2. The molecular weight excluding hydrogens is 293 g/mol. The third kappa shape index (κ3) is 4.02. The Balaban J connectivity index is 2.27. The van der Waals surface area contributed by atoms with Crippen molar-refractivity contribution in [3.63, 3.8) is 0 Å². The van der Waals surface area contributed by atoms with Crippen molar-refractivity contribution in [1.82, 2.24) is 4.72 Å². The number of hydrogen-bond acceptors (Lipinski definition) is 3. The minimum Gasteiger partial charge on any atom is -0.392 e. The van der Waals surface area contributed by atoms with Crippen LogP contribution in [-0.4, -0.2) is 19.6 Å². The molecule has 1 aromatic carbocycles. The fourth-order valence-electron chi connectivity index (χ4n) is 2.41. The van der Waals surface area contributed by atoms with Crippen molar-refractivity contribution in [3.8, 4) is 0 Å². The average Bonchev–Trinajstić information content (AvgIpc) is 3.24. The first kappa shape index (κ1) is 16.4. The SMILES string of the molecule is CCC(CC1CC1)NS(=O)(=O)c1cc(CO)cc(F)c1C. The zero-order chi connectivity index (χ0) is 15.6. The molecule has 1 fully saturated rings. The highest BCUT2D eigenvalue weighted by Crippen LogP contribution is 2.34. The molecule has 0 aromatic heterocycles. The molecule has 0 aliphatic heterocycles. The molecule has 0 saturated heterocycles. The Hall–Kier alpha value is -0.980. The number of nitrogens with one attached hydrogen (secondary N) is 1. The number of hydrogen-bond donors (Lipinski definition) is 2. The van der Waals surface area contributed by atoms with Crippen molar-refractivity contribution >= 4 is 10.0 Å². The fourth-order valence-corrected chi connectivity index (χ4v) is 4.05. The van der Waals surface area contributed by atoms with Crippen LogP contribution in [0.4, 0.5) is 4.39 Å². The van der Waals surface area contributed by atoms with Crippen molar-refractivity contribution in [1.29, 1.82) is 0 Å². The van der Waals surface area contributed by atoms with E-state index in [1.165, 1.54) is 13.0 Å². The smallest absolute Gasteiger partial charge is 0.241 e. The van der Waals surface area contributed by atoms with E-state index in [1.54, 1.807) is 0 Å². The van der Waals surface area contributed by atoms with E-state index in [0.29, 0.717) is 12.3 Å². The molecule has 1 unspecified atom stereocenters. The molecule has 2 N–H and O–H groups in total. The summed E-state index contributed by atoms with van der Waals surface area (Å²) in [6, 6.07) is 2.38. The molecule has 0 radical (unpaired) electrons. The minimum atomic E-state index is -3.78. The highest BCUT2D eigenvalue weighted by Gasteiger charge is 2.28. The summed E-state index contributed by atoms with van der Waals surface area (Å²) in [4.78, 5) is -0.0826. The van der Waals surface area contributed by atoms with Gasteiger partial charge in [-0.25, -0.2) is 17.5 Å². The molecule has 118 valence electrons. The van der Waals surface area contributed by atoms with E-state index < -0.39 is 15.8 Å². The Kier molecular flexibility index (Phi) is 5.01. The van der Waals surface area contributed by atoms with E-state index in [9.17, 15) is 12.8 Å². The van der Waals surface area contributed by atoms with Crippen molar-refractivity contribution in [2.75, 3.05) is 0 Å². The zero-order valence-electron chi connectivity index (χ0n) is 12.4. The normalized spacial score (nSPS) is 17.0. The lowest BCUT2D eigenvalue weighted by molar-refractivity contribution is 0.281. The van der Waals surface area contributed by atoms with Gasteiger partial charge in [0, 0.05) is 11.6 Å². The molecule has 0 bridgehead atoms. The van der Waals surface area contributed by atoms with Crippen LogP contribution < -0.4 is 4.72 Å². The van der Waals surface area contributed by atoms with Gasteiger partial charge in [-0.15, -0.1) is 0 Å². The number of rotatable bonds is 7. The molecule has 2 rings (SSSR count). The summed E-state index contributed by atoms with van der Waals surface area (Å²) in [6.07, 6.45) is 3.85. The standard InChI is InChI=1S/C15H22FNO3S/c1-3-13(6-11-4-5-11)17-21(19,20)15-8-12(9-18)7-14(16)10(15)2/h7-8,11,13,17-18H,3-6,9H2,1-2H3. The first-order chi connectivity index (χ1) is 9.87. The van der Waals surface area contributed by atoms with Crippen LogP contribution >= 0.6 is 0 Å². The molecule has 6 heteroatoms. The Morgan fingerprint density at radius 1 is 1.43 bits per heavy atom. The van der Waals surface area contributed by atoms with Gasteiger partial charge in [-0.05, 0) is 43.4 Å². The second kappa shape index (κ2) is 6.42. The van der Waals surface area contributed by atoms with Gasteiger partial charge in [0.15, 0.2) is 0 Å². The summed E-state index contributed by atoms with van der Waals surface area (Å²) in [5.41, 5.74) is 0.342. The lowest BCUT2D eigenvalue weighted by Crippen LogP contribution is -2.35. The molecule has 21 heavy (non-hydrogen) atoms. The molecule has 1 atom stereocenters. The Morgan fingerprint density at radius 2 is 2.10 bits per heavy atom. The van der Waals surface area contributed by atoms with Crippen LogP contribution in [0.25, 0.3) is 0 Å². The summed E-state index contributed by atoms with van der Waals surface area (Å²) < 4.78 is 41.4.